The van der Waals surface area contributed by atoms with Gasteiger partial charge in [-0.2, -0.15) is 0 Å². The third kappa shape index (κ3) is 3.21. The number of rotatable bonds is 2. The summed E-state index contributed by atoms with van der Waals surface area (Å²) in [4.78, 5) is 0. The van der Waals surface area contributed by atoms with Crippen LogP contribution in [0.4, 0.5) is 0 Å². The van der Waals surface area contributed by atoms with Gasteiger partial charge in [0.15, 0.2) is 6.03 Å². The molecule has 1 N–H and O–H groups in total. The Balaban J connectivity index is 1.46. The topological polar surface area (TPSA) is 64.7 Å². The molecule has 0 bridgehead atoms. The van der Waals surface area contributed by atoms with Crippen molar-refractivity contribution in [2.45, 2.75) is 123 Å². The van der Waals surface area contributed by atoms with Gasteiger partial charge >= 0.3 is 0 Å². The van der Waals surface area contributed by atoms with Gasteiger partial charge < -0.3 is 19.1 Å². The van der Waals surface area contributed by atoms with Crippen LogP contribution in [-0.4, -0.2) is 41.3 Å². The fraction of sp³-hybridized carbons (Fsp3) is 0.848. The first-order chi connectivity index (χ1) is 18.6. The molecule has 1 spiro atoms. The Morgan fingerprint density at radius 3 is 2.45 bits per heavy atom. The molecule has 4 fully saturated rings. The lowest BCUT2D eigenvalue weighted by atomic mass is 9.32. The van der Waals surface area contributed by atoms with E-state index in [1.807, 2.05) is 6.20 Å². The van der Waals surface area contributed by atoms with Gasteiger partial charge in [0.2, 0.25) is 0 Å². The van der Waals surface area contributed by atoms with Gasteiger partial charge in [-0.05, 0) is 99.1 Å². The van der Waals surface area contributed by atoms with E-state index >= 15 is 0 Å². The van der Waals surface area contributed by atoms with E-state index < -0.39 is 13.2 Å². The summed E-state index contributed by atoms with van der Waals surface area (Å²) in [5, 5.41) is 15.4. The van der Waals surface area contributed by atoms with E-state index in [1.165, 1.54) is 18.4 Å². The molecule has 5 aliphatic carbocycles. The van der Waals surface area contributed by atoms with Crippen LogP contribution < -0.4 is 0 Å². The normalized spacial score (nSPS) is 50.8. The maximum absolute atomic E-state index is 11.1. The Morgan fingerprint density at radius 1 is 1.02 bits per heavy atom. The number of hydrogen-bond acceptors (Lipinski definition) is 5. The van der Waals surface area contributed by atoms with E-state index in [4.69, 9.17) is 14.0 Å². The summed E-state index contributed by atoms with van der Waals surface area (Å²) in [6, 6.07) is -0.194. The van der Waals surface area contributed by atoms with E-state index in [0.29, 0.717) is 5.92 Å². The van der Waals surface area contributed by atoms with Gasteiger partial charge in [-0.25, -0.2) is 0 Å². The quantitative estimate of drug-likeness (QED) is 0.282. The minimum absolute atomic E-state index is 0.000927. The van der Waals surface area contributed by atoms with E-state index in [2.05, 4.69) is 75.3 Å². The lowest BCUT2D eigenvalue weighted by molar-refractivity contribution is -0.272. The predicted octanol–water partition coefficient (Wildman–Crippen LogP) is 7.82. The number of allylic oxidation sites excluding steroid dienone is 1. The van der Waals surface area contributed by atoms with Crippen molar-refractivity contribution in [3.05, 3.63) is 29.2 Å². The zero-order valence-corrected chi connectivity index (χ0v) is 28.0. The van der Waals surface area contributed by atoms with Crippen molar-refractivity contribution in [3.63, 3.8) is 0 Å². The SMILES string of the molecule is CP(P)C1O[C@@H]2C=C3[C@@]4(C)Cc5cnoc5C(C)(C)[C@@H]4CC[C@@]3(C)[C@]3(C)CC[C@@]4(CO)CCC(C)(C)C[C@H]4[C@@]23O1. The van der Waals surface area contributed by atoms with Gasteiger partial charge in [0.05, 0.1) is 6.20 Å². The number of ether oxygens (including phenoxy) is 2. The Kier molecular flexibility index (Phi) is 6.01. The van der Waals surface area contributed by atoms with Crippen LogP contribution in [0.3, 0.4) is 0 Å². The molecule has 0 amide bonds. The van der Waals surface area contributed by atoms with Crippen LogP contribution in [0.15, 0.2) is 22.4 Å². The summed E-state index contributed by atoms with van der Waals surface area (Å²) in [7, 11) is 2.50. The highest BCUT2D eigenvalue weighted by atomic mass is 32.0. The number of hydrogen-bond donors (Lipinski definition) is 1. The maximum atomic E-state index is 11.1. The molecule has 3 saturated carbocycles. The van der Waals surface area contributed by atoms with Crippen molar-refractivity contribution in [1.29, 1.82) is 0 Å². The first-order valence-corrected chi connectivity index (χ1v) is 19.2. The molecule has 7 heteroatoms. The molecule has 3 unspecified atom stereocenters. The van der Waals surface area contributed by atoms with Crippen LogP contribution in [0, 0.1) is 38.9 Å². The zero-order chi connectivity index (χ0) is 28.7. The summed E-state index contributed by atoms with van der Waals surface area (Å²) in [5.41, 5.74) is 2.40. The molecule has 5 nitrogen and oxygen atoms in total. The largest absolute Gasteiger partial charge is 0.396 e. The van der Waals surface area contributed by atoms with Crippen molar-refractivity contribution in [2.75, 3.05) is 13.3 Å². The average molecular weight is 588 g/mol. The molecule has 6 aliphatic rings. The summed E-state index contributed by atoms with van der Waals surface area (Å²) in [6.07, 6.45) is 13.3. The van der Waals surface area contributed by atoms with E-state index in [1.54, 1.807) is 5.57 Å². The summed E-state index contributed by atoms with van der Waals surface area (Å²) in [5.74, 6) is 1.84. The molecule has 2 heterocycles. The van der Waals surface area contributed by atoms with Crippen molar-refractivity contribution in [1.82, 2.24) is 5.16 Å². The van der Waals surface area contributed by atoms with Gasteiger partial charge in [-0.1, -0.05) is 65.3 Å². The van der Waals surface area contributed by atoms with E-state index in [9.17, 15) is 5.11 Å². The van der Waals surface area contributed by atoms with Crippen LogP contribution in [0.5, 0.6) is 0 Å². The number of aromatic nitrogens is 1. The highest BCUT2D eigenvalue weighted by Crippen LogP contribution is 2.79. The first kappa shape index (κ1) is 28.5. The van der Waals surface area contributed by atoms with Gasteiger partial charge in [-0.3, -0.25) is 0 Å². The van der Waals surface area contributed by atoms with Crippen LogP contribution >= 0.6 is 16.5 Å². The fourth-order valence-electron chi connectivity index (χ4n) is 11.8. The Bertz CT molecular complexity index is 1260. The molecule has 7 rings (SSSR count). The lowest BCUT2D eigenvalue weighted by Crippen LogP contribution is -2.75. The maximum Gasteiger partial charge on any atom is 0.180 e. The molecule has 1 aromatic rings. The Morgan fingerprint density at radius 2 is 1.75 bits per heavy atom. The zero-order valence-electron chi connectivity index (χ0n) is 26.0. The molecule has 1 aliphatic heterocycles. The second kappa shape index (κ2) is 8.44. The molecule has 1 saturated heterocycles. The molecule has 222 valence electrons. The average Bonchev–Trinajstić information content (AvgIpc) is 3.50. The third-order valence-corrected chi connectivity index (χ3v) is 15.7. The number of aliphatic hydroxyl groups excluding tert-OH is 1. The number of fused-ring (bicyclic) bond motifs is 6. The molecule has 0 aromatic carbocycles. The number of aliphatic hydroxyl groups is 1. The molecular weight excluding hydrogens is 536 g/mol. The van der Waals surface area contributed by atoms with Gasteiger partial charge in [0.1, 0.15) is 17.5 Å². The van der Waals surface area contributed by atoms with Gasteiger partial charge in [0, 0.05) is 23.0 Å². The van der Waals surface area contributed by atoms with Crippen LogP contribution in [-0.2, 0) is 21.3 Å². The number of nitrogens with zero attached hydrogens (tertiary/aromatic N) is 1. The summed E-state index contributed by atoms with van der Waals surface area (Å²) in [6.45, 7) is 19.8. The minimum Gasteiger partial charge on any atom is -0.396 e. The van der Waals surface area contributed by atoms with Crippen molar-refractivity contribution in [3.8, 4) is 0 Å². The highest BCUT2D eigenvalue weighted by Gasteiger charge is 2.78. The molecular formula is C33H51NO4P2. The Labute approximate surface area is 244 Å². The second-order valence-electron chi connectivity index (χ2n) is 16.7. The standard InChI is InChI=1S/C33H51NO4P2/c1-27(2)11-13-32(19-35)14-12-31(7)30(6)10-9-21-28(3,4)25-20(18-34-38-25)16-29(21,5)22(30)15-24-33(31,23(32)17-27)37-26(36-24)40(8)39/h15,18,21,23-24,26,35H,9-14,16-17,19,39H2,1-8H3/t21-,23+,24+,26?,29-,30+,31-,32+,33+,40?/m0/s1. The van der Waals surface area contributed by atoms with E-state index in [0.717, 1.165) is 44.3 Å². The summed E-state index contributed by atoms with van der Waals surface area (Å²) < 4.78 is 20.5. The Hall–Kier alpha value is -0.310. The fourth-order valence-corrected chi connectivity index (χ4v) is 12.9. The van der Waals surface area contributed by atoms with E-state index in [-0.39, 0.29) is 57.1 Å². The smallest absolute Gasteiger partial charge is 0.180 e. The first-order valence-electron chi connectivity index (χ1n) is 15.7. The van der Waals surface area contributed by atoms with Crippen molar-refractivity contribution < 1.29 is 19.1 Å². The molecule has 11 atom stereocenters. The lowest BCUT2D eigenvalue weighted by Gasteiger charge is -2.73. The monoisotopic (exact) mass is 587 g/mol. The molecule has 1 aromatic heterocycles. The molecule has 40 heavy (non-hydrogen) atoms. The van der Waals surface area contributed by atoms with Crippen LogP contribution in [0.1, 0.15) is 105 Å². The molecule has 0 radical (unpaired) electrons. The second-order valence-corrected chi connectivity index (χ2v) is 20.9. The van der Waals surface area contributed by atoms with Crippen molar-refractivity contribution in [2.24, 2.45) is 38.9 Å². The minimum atomic E-state index is -0.518. The highest BCUT2D eigenvalue weighted by molar-refractivity contribution is 8.13. The predicted molar refractivity (Wildman–Crippen MR) is 163 cm³/mol. The van der Waals surface area contributed by atoms with Crippen LogP contribution in [0.25, 0.3) is 0 Å². The third-order valence-electron chi connectivity index (χ3n) is 14.0. The van der Waals surface area contributed by atoms with Gasteiger partial charge in [-0.15, -0.1) is 8.93 Å². The van der Waals surface area contributed by atoms with Gasteiger partial charge in [0.25, 0.3) is 0 Å². The van der Waals surface area contributed by atoms with Crippen LogP contribution in [0.2, 0.25) is 0 Å². The van der Waals surface area contributed by atoms with Crippen molar-refractivity contribution >= 4 is 16.5 Å². The summed E-state index contributed by atoms with van der Waals surface area (Å²) >= 11 is 0.